The van der Waals surface area contributed by atoms with E-state index in [0.29, 0.717) is 36.1 Å². The zero-order valence-electron chi connectivity index (χ0n) is 14.5. The Morgan fingerprint density at radius 1 is 1.42 bits per heavy atom. The van der Waals surface area contributed by atoms with E-state index in [2.05, 4.69) is 31.2 Å². The summed E-state index contributed by atoms with van der Waals surface area (Å²) in [7, 11) is 0. The summed E-state index contributed by atoms with van der Waals surface area (Å²) in [5.74, 6) is 0.0990. The number of carboxylic acid groups (broad SMARTS) is 1. The standard InChI is InChI=1S/C17H20BrN3O4S/c1-9(12-4-5-13(18)26-12)19-16-15(17-24-6-3-7-25-17)11(8-14(22)23)20-10(2)21-16/h4-5,9,17H,3,6-8H2,1-2H3,(H,22,23)(H,19,20,21). The molecule has 0 radical (unpaired) electrons. The molecule has 140 valence electrons. The second-order valence-corrected chi connectivity index (χ2v) is 8.48. The maximum Gasteiger partial charge on any atom is 0.309 e. The van der Waals surface area contributed by atoms with Crippen LogP contribution in [0.4, 0.5) is 5.82 Å². The van der Waals surface area contributed by atoms with Gasteiger partial charge in [-0.1, -0.05) is 0 Å². The molecule has 0 saturated carbocycles. The molecular formula is C17H20BrN3O4S. The predicted octanol–water partition coefficient (Wildman–Crippen LogP) is 3.84. The van der Waals surface area contributed by atoms with Gasteiger partial charge in [0.1, 0.15) is 11.6 Å². The number of rotatable bonds is 6. The minimum absolute atomic E-state index is 0.0133. The number of nitrogens with one attached hydrogen (secondary N) is 1. The largest absolute Gasteiger partial charge is 0.481 e. The number of aliphatic carboxylic acids is 1. The summed E-state index contributed by atoms with van der Waals surface area (Å²) >= 11 is 5.10. The molecule has 2 aromatic heterocycles. The van der Waals surface area contributed by atoms with Crippen LogP contribution in [0.25, 0.3) is 0 Å². The van der Waals surface area contributed by atoms with Crippen molar-refractivity contribution >= 4 is 39.1 Å². The molecule has 1 fully saturated rings. The minimum atomic E-state index is -0.957. The van der Waals surface area contributed by atoms with E-state index in [1.807, 2.05) is 19.1 Å². The van der Waals surface area contributed by atoms with Crippen molar-refractivity contribution in [3.63, 3.8) is 0 Å². The highest BCUT2D eigenvalue weighted by Crippen LogP contribution is 2.34. The van der Waals surface area contributed by atoms with Crippen LogP contribution in [0.2, 0.25) is 0 Å². The van der Waals surface area contributed by atoms with E-state index < -0.39 is 12.3 Å². The monoisotopic (exact) mass is 441 g/mol. The van der Waals surface area contributed by atoms with Gasteiger partial charge in [0.05, 0.1) is 40.7 Å². The summed E-state index contributed by atoms with van der Waals surface area (Å²) in [5.41, 5.74) is 0.985. The molecule has 1 unspecified atom stereocenters. The van der Waals surface area contributed by atoms with Gasteiger partial charge in [-0.3, -0.25) is 4.79 Å². The van der Waals surface area contributed by atoms with Crippen LogP contribution in [0.3, 0.4) is 0 Å². The fourth-order valence-corrected chi connectivity index (χ4v) is 4.19. The van der Waals surface area contributed by atoms with Crippen molar-refractivity contribution in [2.75, 3.05) is 18.5 Å². The normalized spacial score (nSPS) is 16.4. The van der Waals surface area contributed by atoms with Crippen LogP contribution in [0, 0.1) is 6.92 Å². The zero-order chi connectivity index (χ0) is 18.7. The Hall–Kier alpha value is -1.55. The molecule has 0 aliphatic carbocycles. The van der Waals surface area contributed by atoms with E-state index in [1.165, 1.54) is 0 Å². The number of halogens is 1. The van der Waals surface area contributed by atoms with Gasteiger partial charge >= 0.3 is 5.97 Å². The topological polar surface area (TPSA) is 93.6 Å². The molecule has 3 heterocycles. The molecule has 9 heteroatoms. The summed E-state index contributed by atoms with van der Waals surface area (Å²) in [4.78, 5) is 21.3. The van der Waals surface area contributed by atoms with Crippen LogP contribution in [0.5, 0.6) is 0 Å². The number of carboxylic acids is 1. The Balaban J connectivity index is 1.98. The molecule has 0 spiro atoms. The summed E-state index contributed by atoms with van der Waals surface area (Å²) < 4.78 is 12.5. The van der Waals surface area contributed by atoms with E-state index in [9.17, 15) is 9.90 Å². The molecule has 2 N–H and O–H groups in total. The predicted molar refractivity (Wildman–Crippen MR) is 101 cm³/mol. The summed E-state index contributed by atoms with van der Waals surface area (Å²) in [5, 5.41) is 12.6. The third-order valence-electron chi connectivity index (χ3n) is 3.89. The SMILES string of the molecule is Cc1nc(CC(=O)O)c(C2OCCCO2)c(NC(C)c2ccc(Br)s2)n1. The lowest BCUT2D eigenvalue weighted by molar-refractivity contribution is -0.183. The highest BCUT2D eigenvalue weighted by molar-refractivity contribution is 9.11. The molecular weight excluding hydrogens is 422 g/mol. The first-order valence-corrected chi connectivity index (χ1v) is 9.89. The fraction of sp³-hybridized carbons (Fsp3) is 0.471. The first-order chi connectivity index (χ1) is 12.4. The van der Waals surface area contributed by atoms with Crippen LogP contribution in [-0.2, 0) is 20.7 Å². The Morgan fingerprint density at radius 2 is 2.15 bits per heavy atom. The molecule has 3 rings (SSSR count). The smallest absolute Gasteiger partial charge is 0.309 e. The van der Waals surface area contributed by atoms with Gasteiger partial charge < -0.3 is 19.9 Å². The quantitative estimate of drug-likeness (QED) is 0.702. The van der Waals surface area contributed by atoms with Gasteiger partial charge in [0.15, 0.2) is 6.29 Å². The average Bonchev–Trinajstić information content (AvgIpc) is 3.01. The summed E-state index contributed by atoms with van der Waals surface area (Å²) in [6, 6.07) is 4.01. The van der Waals surface area contributed by atoms with E-state index in [4.69, 9.17) is 9.47 Å². The van der Waals surface area contributed by atoms with Gasteiger partial charge in [0.2, 0.25) is 0 Å². The summed E-state index contributed by atoms with van der Waals surface area (Å²) in [6.45, 7) is 4.88. The first-order valence-electron chi connectivity index (χ1n) is 8.28. The first kappa shape index (κ1) is 19.2. The zero-order valence-corrected chi connectivity index (χ0v) is 16.9. The lowest BCUT2D eigenvalue weighted by Crippen LogP contribution is -2.23. The second-order valence-electron chi connectivity index (χ2n) is 5.99. The third kappa shape index (κ3) is 4.59. The van der Waals surface area contributed by atoms with Crippen molar-refractivity contribution in [2.45, 2.75) is 39.0 Å². The van der Waals surface area contributed by atoms with Gasteiger partial charge in [0, 0.05) is 4.88 Å². The maximum absolute atomic E-state index is 11.3. The molecule has 0 bridgehead atoms. The number of carbonyl (C=O) groups is 1. The van der Waals surface area contributed by atoms with Crippen molar-refractivity contribution in [1.29, 1.82) is 0 Å². The third-order valence-corrected chi connectivity index (χ3v) is 5.70. The lowest BCUT2D eigenvalue weighted by Gasteiger charge is -2.27. The van der Waals surface area contributed by atoms with Gasteiger partial charge in [-0.15, -0.1) is 11.3 Å². The second kappa shape index (κ2) is 8.43. The number of aromatic nitrogens is 2. The van der Waals surface area contributed by atoms with E-state index >= 15 is 0 Å². The molecule has 0 aromatic carbocycles. The van der Waals surface area contributed by atoms with Crippen LogP contribution in [0.1, 0.15) is 47.6 Å². The Labute approximate surface area is 163 Å². The molecule has 1 aliphatic rings. The fourth-order valence-electron chi connectivity index (χ4n) is 2.77. The van der Waals surface area contributed by atoms with E-state index in [0.717, 1.165) is 15.1 Å². The number of aryl methyl sites for hydroxylation is 1. The van der Waals surface area contributed by atoms with Crippen LogP contribution >= 0.6 is 27.3 Å². The number of hydrogen-bond acceptors (Lipinski definition) is 7. The molecule has 0 amide bonds. The minimum Gasteiger partial charge on any atom is -0.481 e. The molecule has 1 atom stereocenters. The van der Waals surface area contributed by atoms with Crippen LogP contribution < -0.4 is 5.32 Å². The van der Waals surface area contributed by atoms with Crippen molar-refractivity contribution < 1.29 is 19.4 Å². The summed E-state index contributed by atoms with van der Waals surface area (Å²) in [6.07, 6.45) is -0.0708. The Kier molecular flexibility index (Phi) is 6.23. The number of ether oxygens (including phenoxy) is 2. The molecule has 7 nitrogen and oxygen atoms in total. The van der Waals surface area contributed by atoms with E-state index in [-0.39, 0.29) is 12.5 Å². The number of nitrogens with zero attached hydrogens (tertiary/aromatic N) is 2. The Bertz CT molecular complexity index is 792. The van der Waals surface area contributed by atoms with Gasteiger partial charge in [-0.25, -0.2) is 9.97 Å². The number of anilines is 1. The highest BCUT2D eigenvalue weighted by Gasteiger charge is 2.27. The van der Waals surface area contributed by atoms with E-state index in [1.54, 1.807) is 18.3 Å². The van der Waals surface area contributed by atoms with Gasteiger partial charge in [0.25, 0.3) is 0 Å². The van der Waals surface area contributed by atoms with Crippen LogP contribution in [0.15, 0.2) is 15.9 Å². The van der Waals surface area contributed by atoms with Crippen LogP contribution in [-0.4, -0.2) is 34.3 Å². The maximum atomic E-state index is 11.3. The molecule has 1 aliphatic heterocycles. The highest BCUT2D eigenvalue weighted by atomic mass is 79.9. The number of hydrogen-bond donors (Lipinski definition) is 2. The molecule has 1 saturated heterocycles. The van der Waals surface area contributed by atoms with Crippen molar-refractivity contribution in [3.05, 3.63) is 37.9 Å². The number of thiophene rings is 1. The van der Waals surface area contributed by atoms with Crippen molar-refractivity contribution in [3.8, 4) is 0 Å². The molecule has 2 aromatic rings. The Morgan fingerprint density at radius 3 is 2.77 bits per heavy atom. The molecule has 26 heavy (non-hydrogen) atoms. The van der Waals surface area contributed by atoms with Crippen molar-refractivity contribution in [2.24, 2.45) is 0 Å². The van der Waals surface area contributed by atoms with Gasteiger partial charge in [-0.05, 0) is 48.3 Å². The van der Waals surface area contributed by atoms with Gasteiger partial charge in [-0.2, -0.15) is 0 Å². The lowest BCUT2D eigenvalue weighted by atomic mass is 10.1. The van der Waals surface area contributed by atoms with Crippen molar-refractivity contribution in [1.82, 2.24) is 9.97 Å². The average molecular weight is 442 g/mol.